The molecule has 2 aliphatic rings. The van der Waals surface area contributed by atoms with E-state index in [-0.39, 0.29) is 23.4 Å². The molecule has 1 aromatic carbocycles. The van der Waals surface area contributed by atoms with Gasteiger partial charge in [0.1, 0.15) is 29.3 Å². The second-order valence-electron chi connectivity index (χ2n) is 9.18. The molecule has 0 bridgehead atoms. The largest absolute Gasteiger partial charge is 0.482 e. The fourth-order valence-corrected chi connectivity index (χ4v) is 5.70. The Morgan fingerprint density at radius 3 is 2.76 bits per heavy atom. The number of nitrogens with one attached hydrogen (secondary N) is 1. The van der Waals surface area contributed by atoms with Crippen molar-refractivity contribution >= 4 is 33.3 Å². The molecule has 4 heterocycles. The minimum Gasteiger partial charge on any atom is -0.482 e. The van der Waals surface area contributed by atoms with E-state index in [1.165, 1.54) is 12.1 Å². The first-order valence-corrected chi connectivity index (χ1v) is 14.3. The molecule has 0 radical (unpaired) electrons. The molecule has 1 atom stereocenters. The number of halogens is 2. The molecule has 1 unspecified atom stereocenters. The third kappa shape index (κ3) is 5.15. The number of benzene rings is 1. The van der Waals surface area contributed by atoms with E-state index in [2.05, 4.69) is 14.3 Å². The number of pyridine rings is 1. The Morgan fingerprint density at radius 1 is 1.22 bits per heavy atom. The second kappa shape index (κ2) is 9.94. The number of nitrogens with zero attached hydrogens (tertiary/aromatic N) is 4. The summed E-state index contributed by atoms with van der Waals surface area (Å²) in [5.74, 6) is 0.737. The lowest BCUT2D eigenvalue weighted by atomic mass is 9.94. The maximum atomic E-state index is 15.2. The lowest BCUT2D eigenvalue weighted by Crippen LogP contribution is -2.44. The van der Waals surface area contributed by atoms with Gasteiger partial charge in [0.25, 0.3) is 5.91 Å². The number of imidazole rings is 1. The van der Waals surface area contributed by atoms with Crippen LogP contribution < -0.4 is 9.46 Å². The molecule has 9 nitrogen and oxygen atoms in total. The summed E-state index contributed by atoms with van der Waals surface area (Å²) in [6, 6.07) is 6.92. The SMILES string of the molecule is CCc1nc(NS(C)(=O)=O)ccc1OCC(=O)N1CCc2nc3n(c2C1c1ccc(Cl)cc1F)CCC3. The minimum atomic E-state index is -3.48. The Balaban J connectivity index is 1.43. The first-order chi connectivity index (χ1) is 17.6. The number of sulfonamides is 1. The van der Waals surface area contributed by atoms with Gasteiger partial charge in [0.2, 0.25) is 10.0 Å². The summed E-state index contributed by atoms with van der Waals surface area (Å²) < 4.78 is 48.6. The van der Waals surface area contributed by atoms with Crippen LogP contribution in [0.15, 0.2) is 30.3 Å². The average Bonchev–Trinajstić information content (AvgIpc) is 3.43. The lowest BCUT2D eigenvalue weighted by molar-refractivity contribution is -0.135. The molecule has 1 amide bonds. The molecule has 196 valence electrons. The van der Waals surface area contributed by atoms with E-state index in [0.717, 1.165) is 42.9 Å². The number of amides is 1. The number of carbonyl (C=O) groups excluding carboxylic acids is 1. The smallest absolute Gasteiger partial charge is 0.261 e. The summed E-state index contributed by atoms with van der Waals surface area (Å²) in [5.41, 5.74) is 2.61. The third-order valence-corrected chi connectivity index (χ3v) is 7.41. The normalized spacial score (nSPS) is 16.9. The summed E-state index contributed by atoms with van der Waals surface area (Å²) in [5, 5.41) is 0.283. The van der Waals surface area contributed by atoms with Crippen LogP contribution in [0.2, 0.25) is 5.02 Å². The van der Waals surface area contributed by atoms with Gasteiger partial charge in [0.15, 0.2) is 6.61 Å². The number of rotatable bonds is 7. The minimum absolute atomic E-state index is 0.175. The van der Waals surface area contributed by atoms with Crippen LogP contribution in [0.5, 0.6) is 5.75 Å². The zero-order valence-electron chi connectivity index (χ0n) is 20.5. The second-order valence-corrected chi connectivity index (χ2v) is 11.4. The highest BCUT2D eigenvalue weighted by molar-refractivity contribution is 7.92. The molecule has 3 aromatic rings. The van der Waals surface area contributed by atoms with Crippen molar-refractivity contribution in [3.63, 3.8) is 0 Å². The molecular weight excluding hydrogens is 521 g/mol. The summed E-state index contributed by atoms with van der Waals surface area (Å²) in [6.07, 6.45) is 3.90. The van der Waals surface area contributed by atoms with Gasteiger partial charge in [-0.05, 0) is 37.1 Å². The summed E-state index contributed by atoms with van der Waals surface area (Å²) >= 11 is 6.02. The highest BCUT2D eigenvalue weighted by Gasteiger charge is 2.39. The molecule has 0 spiro atoms. The zero-order chi connectivity index (χ0) is 26.3. The highest BCUT2D eigenvalue weighted by atomic mass is 35.5. The fourth-order valence-electron chi connectivity index (χ4n) is 5.05. The van der Waals surface area contributed by atoms with Crippen LogP contribution in [-0.2, 0) is 40.6 Å². The van der Waals surface area contributed by atoms with Crippen molar-refractivity contribution in [2.75, 3.05) is 24.1 Å². The van der Waals surface area contributed by atoms with E-state index < -0.39 is 21.9 Å². The van der Waals surface area contributed by atoms with E-state index in [4.69, 9.17) is 21.3 Å². The molecule has 0 fully saturated rings. The summed E-state index contributed by atoms with van der Waals surface area (Å²) in [7, 11) is -3.48. The van der Waals surface area contributed by atoms with Gasteiger partial charge in [-0.3, -0.25) is 9.52 Å². The molecule has 37 heavy (non-hydrogen) atoms. The van der Waals surface area contributed by atoms with Crippen LogP contribution in [0, 0.1) is 5.82 Å². The van der Waals surface area contributed by atoms with Crippen LogP contribution in [-0.4, -0.2) is 53.2 Å². The van der Waals surface area contributed by atoms with Gasteiger partial charge in [-0.1, -0.05) is 24.6 Å². The van der Waals surface area contributed by atoms with Crippen LogP contribution in [0.1, 0.15) is 47.9 Å². The molecule has 12 heteroatoms. The van der Waals surface area contributed by atoms with Crippen LogP contribution >= 0.6 is 11.6 Å². The zero-order valence-corrected chi connectivity index (χ0v) is 22.1. The van der Waals surface area contributed by atoms with E-state index in [1.54, 1.807) is 23.1 Å². The average molecular weight is 548 g/mol. The number of fused-ring (bicyclic) bond motifs is 3. The Bertz CT molecular complexity index is 1480. The van der Waals surface area contributed by atoms with Crippen LogP contribution in [0.25, 0.3) is 0 Å². The van der Waals surface area contributed by atoms with E-state index >= 15 is 4.39 Å². The van der Waals surface area contributed by atoms with Gasteiger partial charge in [-0.15, -0.1) is 0 Å². The van der Waals surface area contributed by atoms with Crippen molar-refractivity contribution in [1.82, 2.24) is 19.4 Å². The summed E-state index contributed by atoms with van der Waals surface area (Å²) in [6.45, 7) is 2.72. The molecular formula is C25H27ClFN5O4S. The number of aromatic nitrogens is 3. The molecule has 0 saturated heterocycles. The first-order valence-electron chi connectivity index (χ1n) is 12.1. The fraction of sp³-hybridized carbons (Fsp3) is 0.400. The first kappa shape index (κ1) is 25.5. The van der Waals surface area contributed by atoms with Gasteiger partial charge in [0.05, 0.1) is 23.3 Å². The van der Waals surface area contributed by atoms with Crippen molar-refractivity contribution in [1.29, 1.82) is 0 Å². The van der Waals surface area contributed by atoms with Gasteiger partial charge in [-0.2, -0.15) is 0 Å². The Morgan fingerprint density at radius 2 is 2.03 bits per heavy atom. The van der Waals surface area contributed by atoms with Gasteiger partial charge >= 0.3 is 0 Å². The van der Waals surface area contributed by atoms with Gasteiger partial charge in [0, 0.05) is 36.5 Å². The standard InChI is InChI=1S/C25H27ClFN5O4S/c1-3-18-20(8-9-21(28-18)30-37(2,34)35)36-14-23(33)32-12-10-19-25(31-11-4-5-22(31)29-19)24(32)16-7-6-15(26)13-17(16)27/h6-9,13,24H,3-5,10-12,14H2,1-2H3,(H,28,30). The summed E-state index contributed by atoms with van der Waals surface area (Å²) in [4.78, 5) is 24.3. The van der Waals surface area contributed by atoms with Crippen molar-refractivity contribution in [3.05, 3.63) is 69.6 Å². The van der Waals surface area contributed by atoms with E-state index in [0.29, 0.717) is 36.4 Å². The number of aryl methyl sites for hydroxylation is 2. The van der Waals surface area contributed by atoms with E-state index in [9.17, 15) is 13.2 Å². The topological polar surface area (TPSA) is 106 Å². The third-order valence-electron chi connectivity index (χ3n) is 6.59. The Labute approximate surface area is 219 Å². The number of hydrogen-bond acceptors (Lipinski definition) is 6. The van der Waals surface area contributed by atoms with Crippen molar-refractivity contribution < 1.29 is 22.3 Å². The Hall–Kier alpha value is -3.18. The number of ether oxygens (including phenoxy) is 1. The predicted octanol–water partition coefficient (Wildman–Crippen LogP) is 3.50. The lowest BCUT2D eigenvalue weighted by Gasteiger charge is -2.36. The van der Waals surface area contributed by atoms with Crippen LogP contribution in [0.3, 0.4) is 0 Å². The number of hydrogen-bond donors (Lipinski definition) is 1. The molecule has 5 rings (SSSR count). The van der Waals surface area contributed by atoms with Crippen LogP contribution in [0.4, 0.5) is 10.2 Å². The highest BCUT2D eigenvalue weighted by Crippen LogP contribution is 2.39. The van der Waals surface area contributed by atoms with E-state index in [1.807, 2.05) is 6.92 Å². The monoisotopic (exact) mass is 547 g/mol. The van der Waals surface area contributed by atoms with Gasteiger partial charge < -0.3 is 14.2 Å². The Kier molecular flexibility index (Phi) is 6.84. The van der Waals surface area contributed by atoms with Crippen molar-refractivity contribution in [3.8, 4) is 5.75 Å². The number of carbonyl (C=O) groups is 1. The predicted molar refractivity (Wildman–Crippen MR) is 137 cm³/mol. The maximum Gasteiger partial charge on any atom is 0.261 e. The van der Waals surface area contributed by atoms with Gasteiger partial charge in [-0.25, -0.2) is 22.8 Å². The maximum absolute atomic E-state index is 15.2. The van der Waals surface area contributed by atoms with Crippen molar-refractivity contribution in [2.45, 2.75) is 45.2 Å². The molecule has 2 aliphatic heterocycles. The number of anilines is 1. The molecule has 2 aromatic heterocycles. The molecule has 0 saturated carbocycles. The quantitative estimate of drug-likeness (QED) is 0.485. The molecule has 1 N–H and O–H groups in total. The molecule has 0 aliphatic carbocycles. The van der Waals surface area contributed by atoms with Crippen molar-refractivity contribution in [2.24, 2.45) is 0 Å².